The van der Waals surface area contributed by atoms with E-state index in [-0.39, 0.29) is 36.8 Å². The monoisotopic (exact) mass is 478 g/mol. The Kier molecular flexibility index (Phi) is 6.72. The van der Waals surface area contributed by atoms with Crippen LogP contribution in [0.1, 0.15) is 42.7 Å². The topological polar surface area (TPSA) is 105 Å². The minimum Gasteiger partial charge on any atom is -0.481 e. The molecule has 35 heavy (non-hydrogen) atoms. The molecule has 184 valence electrons. The average Bonchev–Trinajstić information content (AvgIpc) is 3.45. The predicted molar refractivity (Wildman–Crippen MR) is 128 cm³/mol. The van der Waals surface area contributed by atoms with Crippen LogP contribution in [0.2, 0.25) is 0 Å². The van der Waals surface area contributed by atoms with Crippen LogP contribution in [0.4, 0.5) is 4.79 Å². The summed E-state index contributed by atoms with van der Waals surface area (Å²) in [4.78, 5) is 38.3. The van der Waals surface area contributed by atoms with Gasteiger partial charge in [-0.25, -0.2) is 4.79 Å². The minimum absolute atomic E-state index is 0.00567. The predicted octanol–water partition coefficient (Wildman–Crippen LogP) is 3.40. The Morgan fingerprint density at radius 2 is 1.71 bits per heavy atom. The van der Waals surface area contributed by atoms with Gasteiger partial charge in [0, 0.05) is 31.0 Å². The Balaban J connectivity index is 1.12. The van der Waals surface area contributed by atoms with Gasteiger partial charge in [-0.1, -0.05) is 48.5 Å². The molecular weight excluding hydrogens is 448 g/mol. The maximum Gasteiger partial charge on any atom is 0.407 e. The number of benzene rings is 2. The SMILES string of the molecule is O=C(O)CC1CN(C(=O)[C@@H]2CC[C@H](NC(=O)OCC3c4ccccc4-c4ccccc43)C2)CCO1. The number of aliphatic carboxylic acids is 1. The third-order valence-electron chi connectivity index (χ3n) is 7.30. The quantitative estimate of drug-likeness (QED) is 0.659. The van der Waals surface area contributed by atoms with Gasteiger partial charge >= 0.3 is 12.1 Å². The molecule has 2 aliphatic carbocycles. The molecule has 2 aromatic carbocycles. The fourth-order valence-electron chi connectivity index (χ4n) is 5.64. The molecule has 8 nitrogen and oxygen atoms in total. The largest absolute Gasteiger partial charge is 0.481 e. The highest BCUT2D eigenvalue weighted by atomic mass is 16.5. The molecule has 3 atom stereocenters. The summed E-state index contributed by atoms with van der Waals surface area (Å²) < 4.78 is 11.1. The molecule has 0 aromatic heterocycles. The van der Waals surface area contributed by atoms with Crippen LogP contribution in [0.25, 0.3) is 11.1 Å². The van der Waals surface area contributed by atoms with Gasteiger partial charge in [-0.15, -0.1) is 0 Å². The van der Waals surface area contributed by atoms with Gasteiger partial charge in [0.1, 0.15) is 6.61 Å². The van der Waals surface area contributed by atoms with Gasteiger partial charge in [0.05, 0.1) is 19.1 Å². The van der Waals surface area contributed by atoms with E-state index in [4.69, 9.17) is 14.6 Å². The molecule has 1 aliphatic heterocycles. The number of hydrogen-bond acceptors (Lipinski definition) is 5. The molecule has 1 heterocycles. The van der Waals surface area contributed by atoms with E-state index < -0.39 is 18.2 Å². The van der Waals surface area contributed by atoms with Crippen LogP contribution in [0, 0.1) is 5.92 Å². The number of nitrogens with zero attached hydrogens (tertiary/aromatic N) is 1. The Morgan fingerprint density at radius 1 is 1.03 bits per heavy atom. The second-order valence-electron chi connectivity index (χ2n) is 9.55. The highest BCUT2D eigenvalue weighted by Gasteiger charge is 2.36. The van der Waals surface area contributed by atoms with E-state index in [1.54, 1.807) is 4.90 Å². The van der Waals surface area contributed by atoms with Gasteiger partial charge < -0.3 is 24.8 Å². The zero-order valence-corrected chi connectivity index (χ0v) is 19.5. The van der Waals surface area contributed by atoms with Crippen molar-refractivity contribution in [3.05, 3.63) is 59.7 Å². The second-order valence-corrected chi connectivity index (χ2v) is 9.55. The highest BCUT2D eigenvalue weighted by Crippen LogP contribution is 2.44. The molecule has 8 heteroatoms. The van der Waals surface area contributed by atoms with E-state index in [2.05, 4.69) is 29.6 Å². The molecule has 5 rings (SSSR count). The Bertz CT molecular complexity index is 1070. The lowest BCUT2D eigenvalue weighted by atomic mass is 9.98. The minimum atomic E-state index is -0.933. The number of alkyl carbamates (subject to hydrolysis) is 1. The first kappa shape index (κ1) is 23.4. The first-order valence-electron chi connectivity index (χ1n) is 12.2. The first-order chi connectivity index (χ1) is 17.0. The molecule has 2 fully saturated rings. The third-order valence-corrected chi connectivity index (χ3v) is 7.30. The highest BCUT2D eigenvalue weighted by molar-refractivity contribution is 5.80. The molecule has 2 N–H and O–H groups in total. The fraction of sp³-hybridized carbons (Fsp3) is 0.444. The standard InChI is InChI=1S/C27H30N2O6/c30-25(31)14-19-15-29(11-12-34-19)26(32)17-9-10-18(13-17)28-27(33)35-16-24-22-7-3-1-5-20(22)21-6-2-4-8-23(21)24/h1-8,17-19,24H,9-16H2,(H,28,33)(H,30,31)/t17-,18+,19?/m1/s1. The van der Waals surface area contributed by atoms with E-state index in [0.29, 0.717) is 39.0 Å². The number of hydrogen-bond donors (Lipinski definition) is 2. The number of morpholine rings is 1. The van der Waals surface area contributed by atoms with Gasteiger partial charge in [0.15, 0.2) is 0 Å². The van der Waals surface area contributed by atoms with Crippen LogP contribution in [-0.2, 0) is 19.1 Å². The van der Waals surface area contributed by atoms with Gasteiger partial charge in [0.25, 0.3) is 0 Å². The summed E-state index contributed by atoms with van der Waals surface area (Å²) in [6.45, 7) is 1.37. The van der Waals surface area contributed by atoms with Crippen molar-refractivity contribution in [1.82, 2.24) is 10.2 Å². The van der Waals surface area contributed by atoms with E-state index in [9.17, 15) is 14.4 Å². The van der Waals surface area contributed by atoms with E-state index in [1.807, 2.05) is 24.3 Å². The zero-order chi connectivity index (χ0) is 24.4. The van der Waals surface area contributed by atoms with Crippen LogP contribution in [0.3, 0.4) is 0 Å². The number of carbonyl (C=O) groups is 3. The van der Waals surface area contributed by atoms with Crippen LogP contribution in [0.5, 0.6) is 0 Å². The Labute approximate surface area is 204 Å². The van der Waals surface area contributed by atoms with Crippen molar-refractivity contribution >= 4 is 18.0 Å². The van der Waals surface area contributed by atoms with Crippen molar-refractivity contribution in [2.24, 2.45) is 5.92 Å². The van der Waals surface area contributed by atoms with E-state index >= 15 is 0 Å². The summed E-state index contributed by atoms with van der Waals surface area (Å²) >= 11 is 0. The number of rotatable bonds is 6. The molecule has 3 aliphatic rings. The number of amides is 2. The lowest BCUT2D eigenvalue weighted by molar-refractivity contribution is -0.149. The summed E-state index contributed by atoms with van der Waals surface area (Å²) in [6, 6.07) is 16.3. The lowest BCUT2D eigenvalue weighted by Gasteiger charge is -2.34. The van der Waals surface area contributed by atoms with Gasteiger partial charge in [0.2, 0.25) is 5.91 Å². The number of carbonyl (C=O) groups excluding carboxylic acids is 2. The number of fused-ring (bicyclic) bond motifs is 3. The molecule has 2 aromatic rings. The van der Waals surface area contributed by atoms with Gasteiger partial charge in [-0.2, -0.15) is 0 Å². The average molecular weight is 479 g/mol. The van der Waals surface area contributed by atoms with E-state index in [0.717, 1.165) is 0 Å². The summed E-state index contributed by atoms with van der Waals surface area (Å²) in [6.07, 6.45) is 0.918. The molecule has 1 saturated carbocycles. The Morgan fingerprint density at radius 3 is 2.40 bits per heavy atom. The molecule has 0 bridgehead atoms. The number of nitrogens with one attached hydrogen (secondary N) is 1. The molecule has 1 unspecified atom stereocenters. The van der Waals surface area contributed by atoms with Crippen molar-refractivity contribution in [2.75, 3.05) is 26.3 Å². The summed E-state index contributed by atoms with van der Waals surface area (Å²) in [5.74, 6) is -1.10. The van der Waals surface area contributed by atoms with Crippen molar-refractivity contribution < 1.29 is 29.0 Å². The molecule has 0 radical (unpaired) electrons. The third kappa shape index (κ3) is 5.03. The van der Waals surface area contributed by atoms with Crippen LogP contribution in [0.15, 0.2) is 48.5 Å². The Hall–Kier alpha value is -3.39. The maximum atomic E-state index is 13.0. The first-order valence-corrected chi connectivity index (χ1v) is 12.2. The molecule has 2 amide bonds. The normalized spacial score (nSPS) is 23.4. The zero-order valence-electron chi connectivity index (χ0n) is 19.5. The number of carboxylic acid groups (broad SMARTS) is 1. The van der Waals surface area contributed by atoms with Crippen molar-refractivity contribution in [3.63, 3.8) is 0 Å². The van der Waals surface area contributed by atoms with Crippen molar-refractivity contribution in [2.45, 2.75) is 43.7 Å². The molecule has 1 saturated heterocycles. The van der Waals surface area contributed by atoms with Crippen molar-refractivity contribution in [3.8, 4) is 11.1 Å². The smallest absolute Gasteiger partial charge is 0.407 e. The summed E-state index contributed by atoms with van der Waals surface area (Å²) in [7, 11) is 0. The fourth-order valence-corrected chi connectivity index (χ4v) is 5.64. The molecular formula is C27H30N2O6. The van der Waals surface area contributed by atoms with Gasteiger partial charge in [-0.05, 0) is 41.5 Å². The lowest BCUT2D eigenvalue weighted by Crippen LogP contribution is -2.48. The number of ether oxygens (including phenoxy) is 2. The van der Waals surface area contributed by atoms with Crippen LogP contribution >= 0.6 is 0 Å². The van der Waals surface area contributed by atoms with Gasteiger partial charge in [-0.3, -0.25) is 9.59 Å². The van der Waals surface area contributed by atoms with Crippen LogP contribution < -0.4 is 5.32 Å². The second kappa shape index (κ2) is 10.1. The van der Waals surface area contributed by atoms with Crippen molar-refractivity contribution in [1.29, 1.82) is 0 Å². The summed E-state index contributed by atoms with van der Waals surface area (Å²) in [5.41, 5.74) is 4.70. The summed E-state index contributed by atoms with van der Waals surface area (Å²) in [5, 5.41) is 11.9. The van der Waals surface area contributed by atoms with Crippen LogP contribution in [-0.4, -0.2) is 66.4 Å². The molecule has 0 spiro atoms. The van der Waals surface area contributed by atoms with E-state index in [1.165, 1.54) is 22.3 Å². The maximum absolute atomic E-state index is 13.0. The number of carboxylic acids is 1.